The molecule has 14 heteroatoms. The van der Waals surface area contributed by atoms with E-state index in [1.54, 1.807) is 0 Å². The van der Waals surface area contributed by atoms with Crippen LogP contribution >= 0.6 is 0 Å². The Labute approximate surface area is 280 Å². The van der Waals surface area contributed by atoms with E-state index in [9.17, 15) is 4.79 Å². The number of nitrogen functional groups attached to an aromatic ring is 1. The Morgan fingerprint density at radius 2 is 1.75 bits per heavy atom. The van der Waals surface area contributed by atoms with Crippen molar-refractivity contribution < 1.29 is 23.7 Å². The average Bonchev–Trinajstić information content (AvgIpc) is 3.71. The number of nitrogens with two attached hydrogens (primary N) is 2. The van der Waals surface area contributed by atoms with E-state index in [-0.39, 0.29) is 5.91 Å². The fraction of sp³-hybridized carbons (Fsp3) is 0.441. The van der Waals surface area contributed by atoms with Crippen LogP contribution in [0, 0.1) is 0 Å². The van der Waals surface area contributed by atoms with Crippen molar-refractivity contribution >= 4 is 46.9 Å². The fourth-order valence-corrected chi connectivity index (χ4v) is 5.60. The van der Waals surface area contributed by atoms with E-state index >= 15 is 0 Å². The number of anilines is 1. The Hall–Kier alpha value is -4.47. The largest absolute Gasteiger partial charge is 0.383 e. The normalized spacial score (nSPS) is 13.3. The van der Waals surface area contributed by atoms with Crippen molar-refractivity contribution in [3.63, 3.8) is 0 Å². The highest BCUT2D eigenvalue weighted by Gasteiger charge is 2.22. The van der Waals surface area contributed by atoms with Crippen LogP contribution in [0.5, 0.6) is 0 Å². The predicted molar refractivity (Wildman–Crippen MR) is 185 cm³/mol. The van der Waals surface area contributed by atoms with Gasteiger partial charge in [0.2, 0.25) is 5.91 Å². The summed E-state index contributed by atoms with van der Waals surface area (Å²) in [4.78, 5) is 30.7. The molecule has 0 spiro atoms. The molecule has 1 aliphatic heterocycles. The molecule has 0 saturated carbocycles. The molecule has 1 aromatic carbocycles. The quantitative estimate of drug-likeness (QED) is 0.100. The zero-order valence-electron chi connectivity index (χ0n) is 27.5. The van der Waals surface area contributed by atoms with Crippen molar-refractivity contribution in [3.8, 4) is 0 Å². The third-order valence-corrected chi connectivity index (χ3v) is 8.03. The monoisotopic (exact) mass is 659 g/mol. The molecule has 0 aliphatic carbocycles. The van der Waals surface area contributed by atoms with Gasteiger partial charge in [-0.15, -0.1) is 0 Å². The molecule has 0 unspecified atom stereocenters. The SMILES string of the molecule is C=Nc1[nH]ccc1/C=C(\C)c1nn(Cc2ccc3c(c2)CCN(C(=O)CCOCCOCCOCCOCCN)C3)c2ncnc(N)c12. The molecule has 48 heavy (non-hydrogen) atoms. The smallest absolute Gasteiger partial charge is 0.225 e. The van der Waals surface area contributed by atoms with E-state index in [0.717, 1.165) is 28.7 Å². The number of allylic oxidation sites excluding steroid dienone is 1. The van der Waals surface area contributed by atoms with Crippen LogP contribution in [-0.2, 0) is 43.3 Å². The second-order valence-corrected chi connectivity index (χ2v) is 11.4. The molecule has 0 bridgehead atoms. The van der Waals surface area contributed by atoms with Gasteiger partial charge in [0.05, 0.1) is 71.2 Å². The first kappa shape index (κ1) is 34.9. The van der Waals surface area contributed by atoms with Crippen LogP contribution in [0.2, 0.25) is 0 Å². The Morgan fingerprint density at radius 1 is 1.02 bits per heavy atom. The van der Waals surface area contributed by atoms with Crippen molar-refractivity contribution in [2.45, 2.75) is 32.9 Å². The number of carbonyl (C=O) groups is 1. The lowest BCUT2D eigenvalue weighted by Gasteiger charge is -2.29. The highest BCUT2D eigenvalue weighted by molar-refractivity contribution is 5.98. The maximum absolute atomic E-state index is 12.9. The number of H-pyrrole nitrogens is 1. The van der Waals surface area contributed by atoms with E-state index in [4.69, 9.17) is 35.5 Å². The Morgan fingerprint density at radius 3 is 2.48 bits per heavy atom. The Bertz CT molecular complexity index is 1700. The van der Waals surface area contributed by atoms with Crippen LogP contribution in [0.1, 0.15) is 41.3 Å². The number of benzene rings is 1. The topological polar surface area (TPSA) is 181 Å². The van der Waals surface area contributed by atoms with Gasteiger partial charge in [0.25, 0.3) is 0 Å². The van der Waals surface area contributed by atoms with Gasteiger partial charge in [0.1, 0.15) is 23.7 Å². The molecular formula is C34H45N9O5. The summed E-state index contributed by atoms with van der Waals surface area (Å²) in [5.41, 5.74) is 18.3. The minimum Gasteiger partial charge on any atom is -0.383 e. The van der Waals surface area contributed by atoms with Crippen molar-refractivity contribution in [1.82, 2.24) is 29.6 Å². The fourth-order valence-electron chi connectivity index (χ4n) is 5.60. The minimum atomic E-state index is 0.0859. The number of hydrogen-bond donors (Lipinski definition) is 3. The van der Waals surface area contributed by atoms with Crippen LogP contribution in [0.25, 0.3) is 22.7 Å². The summed E-state index contributed by atoms with van der Waals surface area (Å²) < 4.78 is 23.6. The van der Waals surface area contributed by atoms with Crippen LogP contribution in [0.15, 0.2) is 41.8 Å². The zero-order valence-corrected chi connectivity index (χ0v) is 27.5. The van der Waals surface area contributed by atoms with Crippen molar-refractivity contribution in [3.05, 3.63) is 64.7 Å². The van der Waals surface area contributed by atoms with E-state index in [2.05, 4.69) is 44.9 Å². The maximum atomic E-state index is 12.9. The van der Waals surface area contributed by atoms with Crippen molar-refractivity contribution in [2.75, 3.05) is 71.7 Å². The number of aromatic nitrogens is 5. The number of fused-ring (bicyclic) bond motifs is 2. The van der Waals surface area contributed by atoms with Crippen LogP contribution in [0.4, 0.5) is 11.6 Å². The first-order valence-electron chi connectivity index (χ1n) is 16.2. The number of carbonyl (C=O) groups excluding carboxylic acids is 1. The average molecular weight is 660 g/mol. The molecule has 3 aromatic heterocycles. The number of amides is 1. The number of hydrogen-bond acceptors (Lipinski definition) is 11. The van der Waals surface area contributed by atoms with Gasteiger partial charge in [0, 0.05) is 31.4 Å². The molecule has 0 fully saturated rings. The second-order valence-electron chi connectivity index (χ2n) is 11.4. The van der Waals surface area contributed by atoms with Gasteiger partial charge in [-0.3, -0.25) is 4.79 Å². The van der Waals surface area contributed by atoms with Gasteiger partial charge in [0.15, 0.2) is 5.65 Å². The summed E-state index contributed by atoms with van der Waals surface area (Å²) in [7, 11) is 0. The molecule has 5 N–H and O–H groups in total. The highest BCUT2D eigenvalue weighted by atomic mass is 16.6. The number of rotatable bonds is 19. The second kappa shape index (κ2) is 17.6. The van der Waals surface area contributed by atoms with Gasteiger partial charge < -0.3 is 40.3 Å². The molecule has 1 aliphatic rings. The number of aliphatic imine (C=N–C) groups is 1. The maximum Gasteiger partial charge on any atom is 0.225 e. The summed E-state index contributed by atoms with van der Waals surface area (Å²) in [6.07, 6.45) is 6.39. The van der Waals surface area contributed by atoms with E-state index in [0.29, 0.717) is 114 Å². The molecule has 1 amide bonds. The van der Waals surface area contributed by atoms with Gasteiger partial charge in [-0.2, -0.15) is 5.10 Å². The van der Waals surface area contributed by atoms with Gasteiger partial charge in [-0.1, -0.05) is 18.2 Å². The summed E-state index contributed by atoms with van der Waals surface area (Å²) in [6.45, 7) is 11.7. The van der Waals surface area contributed by atoms with Crippen LogP contribution in [0.3, 0.4) is 0 Å². The lowest BCUT2D eigenvalue weighted by atomic mass is 9.97. The molecule has 4 heterocycles. The molecule has 0 radical (unpaired) electrons. The molecular weight excluding hydrogens is 614 g/mol. The molecule has 0 atom stereocenters. The van der Waals surface area contributed by atoms with Gasteiger partial charge in [-0.05, 0) is 54.5 Å². The van der Waals surface area contributed by atoms with Gasteiger partial charge in [-0.25, -0.2) is 19.6 Å². The van der Waals surface area contributed by atoms with E-state index < -0.39 is 0 Å². The highest BCUT2D eigenvalue weighted by Crippen LogP contribution is 2.30. The number of nitrogens with one attached hydrogen (secondary N) is 1. The van der Waals surface area contributed by atoms with E-state index in [1.165, 1.54) is 11.9 Å². The Balaban J connectivity index is 1.11. The minimum absolute atomic E-state index is 0.0859. The summed E-state index contributed by atoms with van der Waals surface area (Å²) in [5, 5.41) is 5.64. The van der Waals surface area contributed by atoms with E-state index in [1.807, 2.05) is 34.8 Å². The number of aromatic amines is 1. The first-order chi connectivity index (χ1) is 23.5. The molecule has 14 nitrogen and oxygen atoms in total. The molecule has 256 valence electrons. The molecule has 0 saturated heterocycles. The first-order valence-corrected chi connectivity index (χ1v) is 16.2. The third-order valence-electron chi connectivity index (χ3n) is 8.03. The number of nitrogens with zero attached hydrogens (tertiary/aromatic N) is 6. The number of ether oxygens (including phenoxy) is 4. The summed E-state index contributed by atoms with van der Waals surface area (Å²) in [5.74, 6) is 1.15. The standard InChI is InChI=1S/C34H45N9O5/c1-24(19-27-5-9-38-33(27)37-2)31-30-32(36)39-23-40-34(30)43(41-31)21-25-3-4-28-22-42(10-6-26(28)20-25)29(44)7-11-45-13-15-47-17-18-48-16-14-46-12-8-35/h3-5,9,19-20,23,38H,2,6-8,10-18,21-22,35H2,1H3,(H2,36,39,40)/b24-19+. The lowest BCUT2D eigenvalue weighted by Crippen LogP contribution is -2.36. The summed E-state index contributed by atoms with van der Waals surface area (Å²) >= 11 is 0. The predicted octanol–water partition coefficient (Wildman–Crippen LogP) is 2.98. The zero-order chi connectivity index (χ0) is 33.7. The van der Waals surface area contributed by atoms with Gasteiger partial charge >= 0.3 is 0 Å². The Kier molecular flexibility index (Phi) is 12.8. The van der Waals surface area contributed by atoms with Crippen LogP contribution < -0.4 is 11.5 Å². The van der Waals surface area contributed by atoms with Crippen LogP contribution in [-0.4, -0.2) is 108 Å². The summed E-state index contributed by atoms with van der Waals surface area (Å²) in [6, 6.07) is 8.32. The van der Waals surface area contributed by atoms with Crippen molar-refractivity contribution in [2.24, 2.45) is 10.7 Å². The third kappa shape index (κ3) is 9.11. The molecule has 4 aromatic rings. The lowest BCUT2D eigenvalue weighted by molar-refractivity contribution is -0.133. The molecule has 5 rings (SSSR count). The van der Waals surface area contributed by atoms with Crippen molar-refractivity contribution in [1.29, 1.82) is 0 Å².